The first-order valence-corrected chi connectivity index (χ1v) is 6.25. The van der Waals surface area contributed by atoms with Gasteiger partial charge in [0, 0.05) is 22.4 Å². The summed E-state index contributed by atoms with van der Waals surface area (Å²) in [5.41, 5.74) is 0. The highest BCUT2D eigenvalue weighted by Gasteiger charge is 2.10. The summed E-state index contributed by atoms with van der Waals surface area (Å²) in [7, 11) is 2.68. The van der Waals surface area contributed by atoms with E-state index in [0.717, 1.165) is 4.90 Å². The van der Waals surface area contributed by atoms with E-state index < -0.39 is 6.09 Å². The summed E-state index contributed by atoms with van der Waals surface area (Å²) in [6.07, 6.45) is -0.902. The molecule has 1 rings (SSSR count). The predicted octanol–water partition coefficient (Wildman–Crippen LogP) is 3.34. The zero-order chi connectivity index (χ0) is 10.4. The van der Waals surface area contributed by atoms with Gasteiger partial charge >= 0.3 is 6.09 Å². The molecular formula is C9H11NO2S2. The van der Waals surface area contributed by atoms with E-state index in [1.54, 1.807) is 0 Å². The lowest BCUT2D eigenvalue weighted by atomic mass is 10.4. The van der Waals surface area contributed by atoms with Crippen LogP contribution >= 0.6 is 21.8 Å². The molecule has 1 N–H and O–H groups in total. The summed E-state index contributed by atoms with van der Waals surface area (Å²) in [6.45, 7) is 2.30. The molecule has 0 unspecified atom stereocenters. The van der Waals surface area contributed by atoms with E-state index in [2.05, 4.69) is 0 Å². The van der Waals surface area contributed by atoms with Crippen molar-refractivity contribution >= 4 is 27.9 Å². The van der Waals surface area contributed by atoms with Crippen molar-refractivity contribution in [3.8, 4) is 0 Å². The Morgan fingerprint density at radius 3 is 2.57 bits per heavy atom. The number of rotatable bonds is 4. The molecule has 76 valence electrons. The van der Waals surface area contributed by atoms with Crippen LogP contribution in [0.5, 0.6) is 0 Å². The molecule has 1 amide bonds. The molecular weight excluding hydrogens is 218 g/mol. The molecule has 0 atom stereocenters. The molecule has 3 nitrogen and oxygen atoms in total. The molecule has 1 aromatic rings. The fourth-order valence-corrected chi connectivity index (χ4v) is 2.77. The lowest BCUT2D eigenvalue weighted by molar-refractivity contribution is 0.177. The quantitative estimate of drug-likeness (QED) is 0.635. The van der Waals surface area contributed by atoms with Crippen LogP contribution in [-0.4, -0.2) is 22.0 Å². The second-order valence-corrected chi connectivity index (χ2v) is 4.62. The Hall–Kier alpha value is -0.810. The summed E-state index contributed by atoms with van der Waals surface area (Å²) < 4.78 is 1.29. The Morgan fingerprint density at radius 1 is 1.43 bits per heavy atom. The highest BCUT2D eigenvalue weighted by molar-refractivity contribution is 8.75. The maximum absolute atomic E-state index is 10.6. The second-order valence-electron chi connectivity index (χ2n) is 2.45. The number of benzene rings is 1. The van der Waals surface area contributed by atoms with Crippen molar-refractivity contribution in [1.82, 2.24) is 4.31 Å². The molecule has 0 aliphatic heterocycles. The van der Waals surface area contributed by atoms with Crippen LogP contribution in [0.3, 0.4) is 0 Å². The standard InChI is InChI=1S/C9H11NO2S2/c1-2-10(9(11)12)14-13-8-6-4-3-5-7-8/h3-7H,2H2,1H3,(H,11,12). The van der Waals surface area contributed by atoms with Gasteiger partial charge in [-0.1, -0.05) is 18.2 Å². The molecule has 0 aliphatic carbocycles. The van der Waals surface area contributed by atoms with Crippen LogP contribution in [0.15, 0.2) is 35.2 Å². The van der Waals surface area contributed by atoms with Crippen molar-refractivity contribution in [2.75, 3.05) is 6.54 Å². The Kier molecular flexibility index (Phi) is 4.69. The largest absolute Gasteiger partial charge is 0.464 e. The highest BCUT2D eigenvalue weighted by Crippen LogP contribution is 2.33. The van der Waals surface area contributed by atoms with Gasteiger partial charge in [-0.05, 0) is 29.9 Å². The fourth-order valence-electron chi connectivity index (χ4n) is 0.784. The van der Waals surface area contributed by atoms with Crippen molar-refractivity contribution in [2.24, 2.45) is 0 Å². The van der Waals surface area contributed by atoms with Crippen LogP contribution < -0.4 is 0 Å². The van der Waals surface area contributed by atoms with Crippen molar-refractivity contribution in [3.63, 3.8) is 0 Å². The molecule has 5 heteroatoms. The van der Waals surface area contributed by atoms with Crippen LogP contribution in [0.1, 0.15) is 6.92 Å². The lowest BCUT2D eigenvalue weighted by Crippen LogP contribution is -2.20. The molecule has 0 fully saturated rings. The number of carboxylic acid groups (broad SMARTS) is 1. The average Bonchev–Trinajstić information content (AvgIpc) is 2.20. The minimum absolute atomic E-state index is 0.486. The van der Waals surface area contributed by atoms with E-state index in [0.29, 0.717) is 6.54 Å². The number of amides is 1. The summed E-state index contributed by atoms with van der Waals surface area (Å²) in [5, 5.41) is 8.74. The molecule has 0 spiro atoms. The van der Waals surface area contributed by atoms with Gasteiger partial charge < -0.3 is 5.11 Å². The van der Waals surface area contributed by atoms with Crippen molar-refractivity contribution in [2.45, 2.75) is 11.8 Å². The van der Waals surface area contributed by atoms with Gasteiger partial charge in [-0.25, -0.2) is 9.10 Å². The van der Waals surface area contributed by atoms with E-state index in [1.165, 1.54) is 26.1 Å². The van der Waals surface area contributed by atoms with Gasteiger partial charge in [0.25, 0.3) is 0 Å². The Balaban J connectivity index is 2.44. The lowest BCUT2D eigenvalue weighted by Gasteiger charge is -2.13. The van der Waals surface area contributed by atoms with E-state index in [-0.39, 0.29) is 0 Å². The third-order valence-corrected chi connectivity index (χ3v) is 3.94. The van der Waals surface area contributed by atoms with Crippen LogP contribution in [0.25, 0.3) is 0 Å². The molecule has 0 aromatic heterocycles. The molecule has 0 radical (unpaired) electrons. The zero-order valence-corrected chi connectivity index (χ0v) is 9.35. The smallest absolute Gasteiger partial charge is 0.418 e. The predicted molar refractivity (Wildman–Crippen MR) is 60.3 cm³/mol. The van der Waals surface area contributed by atoms with Crippen molar-refractivity contribution in [3.05, 3.63) is 30.3 Å². The Bertz CT molecular complexity index is 292. The topological polar surface area (TPSA) is 40.5 Å². The van der Waals surface area contributed by atoms with Gasteiger partial charge in [0.15, 0.2) is 0 Å². The molecule has 0 saturated heterocycles. The van der Waals surface area contributed by atoms with Gasteiger partial charge in [-0.2, -0.15) is 0 Å². The number of carbonyl (C=O) groups is 1. The molecule has 0 saturated carbocycles. The molecule has 1 aromatic carbocycles. The summed E-state index contributed by atoms with van der Waals surface area (Å²) in [4.78, 5) is 11.7. The Labute approximate surface area is 91.0 Å². The molecule has 0 heterocycles. The molecule has 14 heavy (non-hydrogen) atoms. The summed E-state index contributed by atoms with van der Waals surface area (Å²) in [6, 6.07) is 9.70. The summed E-state index contributed by atoms with van der Waals surface area (Å²) in [5.74, 6) is 0. The zero-order valence-electron chi connectivity index (χ0n) is 7.71. The summed E-state index contributed by atoms with van der Waals surface area (Å²) >= 11 is 0. The average molecular weight is 229 g/mol. The Morgan fingerprint density at radius 2 is 2.07 bits per heavy atom. The minimum Gasteiger partial charge on any atom is -0.464 e. The van der Waals surface area contributed by atoms with E-state index >= 15 is 0 Å². The SMILES string of the molecule is CCN(SSc1ccccc1)C(=O)O. The molecule has 0 bridgehead atoms. The fraction of sp³-hybridized carbons (Fsp3) is 0.222. The maximum atomic E-state index is 10.6. The normalized spacial score (nSPS) is 9.79. The van der Waals surface area contributed by atoms with Crippen LogP contribution in [0.4, 0.5) is 4.79 Å². The van der Waals surface area contributed by atoms with Crippen molar-refractivity contribution in [1.29, 1.82) is 0 Å². The van der Waals surface area contributed by atoms with E-state index in [4.69, 9.17) is 5.11 Å². The number of hydrogen-bond donors (Lipinski definition) is 1. The van der Waals surface area contributed by atoms with Gasteiger partial charge in [0.05, 0.1) is 0 Å². The van der Waals surface area contributed by atoms with Crippen LogP contribution in [0.2, 0.25) is 0 Å². The minimum atomic E-state index is -0.902. The monoisotopic (exact) mass is 229 g/mol. The van der Waals surface area contributed by atoms with Gasteiger partial charge in [-0.3, -0.25) is 0 Å². The van der Waals surface area contributed by atoms with Gasteiger partial charge in [0.1, 0.15) is 0 Å². The first-order valence-electron chi connectivity index (χ1n) is 4.14. The molecule has 0 aliphatic rings. The highest BCUT2D eigenvalue weighted by atomic mass is 33.1. The third-order valence-electron chi connectivity index (χ3n) is 1.47. The van der Waals surface area contributed by atoms with Crippen LogP contribution in [-0.2, 0) is 0 Å². The maximum Gasteiger partial charge on any atom is 0.418 e. The van der Waals surface area contributed by atoms with Crippen LogP contribution in [0, 0.1) is 0 Å². The first kappa shape index (κ1) is 11.3. The number of hydrogen-bond acceptors (Lipinski definition) is 3. The second kappa shape index (κ2) is 5.82. The van der Waals surface area contributed by atoms with Crippen molar-refractivity contribution < 1.29 is 9.90 Å². The number of nitrogens with zero attached hydrogens (tertiary/aromatic N) is 1. The van der Waals surface area contributed by atoms with E-state index in [1.807, 2.05) is 37.3 Å². The first-order chi connectivity index (χ1) is 6.74. The third kappa shape index (κ3) is 3.51. The van der Waals surface area contributed by atoms with Gasteiger partial charge in [0.2, 0.25) is 0 Å². The van der Waals surface area contributed by atoms with E-state index in [9.17, 15) is 4.79 Å². The van der Waals surface area contributed by atoms with Gasteiger partial charge in [-0.15, -0.1) is 0 Å².